The van der Waals surface area contributed by atoms with Crippen molar-refractivity contribution in [2.24, 2.45) is 18.9 Å². The van der Waals surface area contributed by atoms with Crippen LogP contribution >= 0.6 is 11.6 Å². The normalized spacial score (nSPS) is 19.1. The average molecular weight is 584 g/mol. The van der Waals surface area contributed by atoms with E-state index in [-0.39, 0.29) is 36.7 Å². The van der Waals surface area contributed by atoms with Crippen LogP contribution in [0.15, 0.2) is 47.4 Å². The smallest absolute Gasteiger partial charge is 0.330 e. The lowest BCUT2D eigenvalue weighted by Gasteiger charge is -2.35. The molecular weight excluding hydrogens is 546 g/mol. The Labute approximate surface area is 244 Å². The molecule has 1 atom stereocenters. The number of fused-ring (bicyclic) bond motifs is 1. The van der Waals surface area contributed by atoms with Crippen molar-refractivity contribution in [1.82, 2.24) is 14.0 Å². The van der Waals surface area contributed by atoms with Crippen LogP contribution in [0.1, 0.15) is 55.3 Å². The summed E-state index contributed by atoms with van der Waals surface area (Å²) in [6, 6.07) is 12.4. The number of benzene rings is 2. The van der Waals surface area contributed by atoms with Crippen LogP contribution < -0.4 is 15.2 Å². The highest BCUT2D eigenvalue weighted by Gasteiger charge is 2.29. The van der Waals surface area contributed by atoms with E-state index in [0.29, 0.717) is 23.2 Å². The van der Waals surface area contributed by atoms with Crippen LogP contribution in [0, 0.1) is 11.8 Å². The number of rotatable bonds is 11. The maximum absolute atomic E-state index is 12.1. The minimum atomic E-state index is -0.682. The quantitative estimate of drug-likeness (QED) is 0.327. The minimum Gasteiger partial charge on any atom is -0.493 e. The number of carboxylic acids is 1. The predicted molar refractivity (Wildman–Crippen MR) is 156 cm³/mol. The van der Waals surface area contributed by atoms with E-state index in [2.05, 4.69) is 30.0 Å². The number of aromatic hydroxyl groups is 1. The van der Waals surface area contributed by atoms with Gasteiger partial charge in [-0.25, -0.2) is 4.79 Å². The number of ether oxygens (including phenoxy) is 2. The number of halogens is 1. The number of aryl methyl sites for hydroxylation is 1. The van der Waals surface area contributed by atoms with Crippen molar-refractivity contribution >= 4 is 17.6 Å². The first kappa shape index (κ1) is 29.1. The number of hydrogen-bond donors (Lipinski definition) is 2. The maximum atomic E-state index is 12.1. The largest absolute Gasteiger partial charge is 0.493 e. The molecule has 2 heterocycles. The van der Waals surface area contributed by atoms with Crippen LogP contribution in [0.2, 0.25) is 5.02 Å². The summed E-state index contributed by atoms with van der Waals surface area (Å²) < 4.78 is 14.1. The molecule has 0 amide bonds. The van der Waals surface area contributed by atoms with E-state index >= 15 is 0 Å². The Kier molecular flexibility index (Phi) is 8.94. The van der Waals surface area contributed by atoms with Gasteiger partial charge in [0.05, 0.1) is 30.3 Å². The zero-order valence-corrected chi connectivity index (χ0v) is 24.3. The van der Waals surface area contributed by atoms with E-state index in [0.717, 1.165) is 56.6 Å². The highest BCUT2D eigenvalue weighted by molar-refractivity contribution is 6.32. The van der Waals surface area contributed by atoms with Crippen LogP contribution in [0.3, 0.4) is 0 Å². The first-order valence-corrected chi connectivity index (χ1v) is 14.7. The second kappa shape index (κ2) is 12.6. The zero-order chi connectivity index (χ0) is 29.1. The molecule has 2 aromatic carbocycles. The van der Waals surface area contributed by atoms with Gasteiger partial charge in [-0.1, -0.05) is 29.8 Å². The summed E-state index contributed by atoms with van der Waals surface area (Å²) in [7, 11) is 1.58. The lowest BCUT2D eigenvalue weighted by molar-refractivity contribution is -0.143. The third-order valence-corrected chi connectivity index (χ3v) is 8.80. The molecule has 1 saturated carbocycles. The molecule has 0 bridgehead atoms. The van der Waals surface area contributed by atoms with Crippen molar-refractivity contribution in [3.8, 4) is 17.4 Å². The van der Waals surface area contributed by atoms with Gasteiger partial charge in [0.15, 0.2) is 0 Å². The molecule has 0 saturated heterocycles. The second-order valence-electron chi connectivity index (χ2n) is 11.3. The fraction of sp³-hybridized carbons (Fsp3) is 0.484. The number of aromatic nitrogens is 2. The highest BCUT2D eigenvalue weighted by atomic mass is 35.5. The zero-order valence-electron chi connectivity index (χ0n) is 23.6. The molecule has 10 heteroatoms. The highest BCUT2D eigenvalue weighted by Crippen LogP contribution is 2.35. The number of carbonyl (C=O) groups is 1. The molecule has 1 fully saturated rings. The monoisotopic (exact) mass is 583 g/mol. The van der Waals surface area contributed by atoms with Crippen molar-refractivity contribution in [3.05, 3.63) is 74.8 Å². The van der Waals surface area contributed by atoms with Crippen LogP contribution in [-0.2, 0) is 31.4 Å². The average Bonchev–Trinajstić information content (AvgIpc) is 3.52. The molecule has 2 N–H and O–H groups in total. The van der Waals surface area contributed by atoms with Gasteiger partial charge in [-0.15, -0.1) is 0 Å². The number of carboxylic acid groups (broad SMARTS) is 1. The number of nitrogens with zero attached hydrogens (tertiary/aromatic N) is 3. The Hall–Kier alpha value is -3.43. The summed E-state index contributed by atoms with van der Waals surface area (Å²) in [5.74, 6) is 0.896. The SMILES string of the molecule is CC(c1ccc2c(c1)CCO2)N(Cc1ccc(OCCn2c(O)cn(C)c2=O)c(Cl)c1)CC1CCC(C(=O)O)CC1. The minimum absolute atomic E-state index is 0.107. The van der Waals surface area contributed by atoms with Gasteiger partial charge in [0, 0.05) is 32.6 Å². The Balaban J connectivity index is 1.28. The standard InChI is InChI=1S/C31H38ClN3O6/c1-20(24-8-10-27-25(16-24)11-13-40-27)34(17-21-3-6-23(7-4-21)30(37)38)18-22-5-9-28(26(32)15-22)41-14-12-35-29(36)19-33(2)31(35)39/h5,8-10,15-16,19-21,23,36H,3-4,6-7,11-14,17-18H2,1-2H3,(H,37,38). The lowest BCUT2D eigenvalue weighted by atomic mass is 9.81. The van der Waals surface area contributed by atoms with E-state index in [9.17, 15) is 19.8 Å². The summed E-state index contributed by atoms with van der Waals surface area (Å²) in [5.41, 5.74) is 3.22. The van der Waals surface area contributed by atoms with E-state index in [1.54, 1.807) is 7.05 Å². The molecule has 220 valence electrons. The van der Waals surface area contributed by atoms with Gasteiger partial charge in [0.2, 0.25) is 5.88 Å². The van der Waals surface area contributed by atoms with E-state index < -0.39 is 5.97 Å². The Morgan fingerprint density at radius 3 is 2.66 bits per heavy atom. The van der Waals surface area contributed by atoms with E-state index in [1.165, 1.54) is 26.5 Å². The Morgan fingerprint density at radius 2 is 1.98 bits per heavy atom. The number of hydrogen-bond acceptors (Lipinski definition) is 6. The molecule has 5 rings (SSSR count). The van der Waals surface area contributed by atoms with Crippen molar-refractivity contribution in [3.63, 3.8) is 0 Å². The first-order valence-electron chi connectivity index (χ1n) is 14.3. The van der Waals surface area contributed by atoms with E-state index in [4.69, 9.17) is 21.1 Å². The fourth-order valence-electron chi connectivity index (χ4n) is 6.00. The fourth-order valence-corrected chi connectivity index (χ4v) is 6.26. The van der Waals surface area contributed by atoms with Gasteiger partial charge in [-0.05, 0) is 73.4 Å². The van der Waals surface area contributed by atoms with Gasteiger partial charge in [-0.2, -0.15) is 0 Å². The molecule has 1 aliphatic carbocycles. The summed E-state index contributed by atoms with van der Waals surface area (Å²) >= 11 is 6.62. The van der Waals surface area contributed by atoms with Crippen molar-refractivity contribution in [1.29, 1.82) is 0 Å². The molecule has 1 unspecified atom stereocenters. The van der Waals surface area contributed by atoms with Crippen molar-refractivity contribution < 1.29 is 24.5 Å². The molecular formula is C31H38ClN3O6. The third-order valence-electron chi connectivity index (χ3n) is 8.51. The van der Waals surface area contributed by atoms with Crippen molar-refractivity contribution in [2.45, 2.75) is 58.2 Å². The molecule has 0 spiro atoms. The first-order chi connectivity index (χ1) is 19.7. The van der Waals surface area contributed by atoms with Gasteiger partial charge < -0.3 is 19.7 Å². The second-order valence-corrected chi connectivity index (χ2v) is 11.7. The van der Waals surface area contributed by atoms with Crippen LogP contribution in [-0.4, -0.2) is 50.0 Å². The third kappa shape index (κ3) is 6.73. The van der Waals surface area contributed by atoms with Crippen molar-refractivity contribution in [2.75, 3.05) is 19.8 Å². The maximum Gasteiger partial charge on any atom is 0.330 e. The predicted octanol–water partition coefficient (Wildman–Crippen LogP) is 5.01. The lowest BCUT2D eigenvalue weighted by Crippen LogP contribution is -2.34. The van der Waals surface area contributed by atoms with Gasteiger partial charge in [0.25, 0.3) is 0 Å². The Morgan fingerprint density at radius 1 is 1.20 bits per heavy atom. The Bertz CT molecular complexity index is 1440. The molecule has 1 aromatic heterocycles. The molecule has 0 radical (unpaired) electrons. The molecule has 3 aromatic rings. The van der Waals surface area contributed by atoms with Gasteiger partial charge in [0.1, 0.15) is 18.1 Å². The number of imidazole rings is 1. The molecule has 9 nitrogen and oxygen atoms in total. The summed E-state index contributed by atoms with van der Waals surface area (Å²) in [4.78, 5) is 26.0. The summed E-state index contributed by atoms with van der Waals surface area (Å²) in [6.45, 7) is 4.87. The molecule has 1 aliphatic heterocycles. The summed E-state index contributed by atoms with van der Waals surface area (Å²) in [6.07, 6.45) is 5.56. The van der Waals surface area contributed by atoms with Crippen LogP contribution in [0.25, 0.3) is 0 Å². The molecule has 2 aliphatic rings. The van der Waals surface area contributed by atoms with E-state index in [1.807, 2.05) is 18.2 Å². The van der Waals surface area contributed by atoms with Crippen LogP contribution in [0.4, 0.5) is 0 Å². The number of aliphatic carboxylic acids is 1. The van der Waals surface area contributed by atoms with Gasteiger partial charge in [-0.3, -0.25) is 18.8 Å². The molecule has 41 heavy (non-hydrogen) atoms. The van der Waals surface area contributed by atoms with Crippen LogP contribution in [0.5, 0.6) is 17.4 Å². The topological polar surface area (TPSA) is 106 Å². The summed E-state index contributed by atoms with van der Waals surface area (Å²) in [5, 5.41) is 19.8. The van der Waals surface area contributed by atoms with Gasteiger partial charge >= 0.3 is 11.7 Å².